The molecule has 1 nitrogen and oxygen atoms in total. The van der Waals surface area contributed by atoms with Crippen molar-refractivity contribution in [3.63, 3.8) is 0 Å². The first-order valence-electron chi connectivity index (χ1n) is 5.38. The average molecular weight is 425 g/mol. The molecule has 0 atom stereocenters. The van der Waals surface area contributed by atoms with Crippen LogP contribution in [0.4, 0.5) is 8.78 Å². The molecule has 0 saturated heterocycles. The van der Waals surface area contributed by atoms with Crippen LogP contribution in [-0.2, 0) is 26.5 Å². The van der Waals surface area contributed by atoms with Gasteiger partial charge in [-0.05, 0) is 17.2 Å². The Hall–Kier alpha value is -1.08. The third kappa shape index (κ3) is 1.73. The first-order valence-corrected chi connectivity index (χ1v) is 5.38. The molecule has 0 amide bonds. The van der Waals surface area contributed by atoms with E-state index in [1.165, 1.54) is 24.4 Å². The zero-order valence-corrected chi connectivity index (χ0v) is 12.1. The molecule has 0 unspecified atom stereocenters. The smallest absolute Gasteiger partial charge is 0.140 e. The van der Waals surface area contributed by atoms with E-state index in [2.05, 4.69) is 11.1 Å². The van der Waals surface area contributed by atoms with Crippen molar-refractivity contribution in [1.82, 2.24) is 4.98 Å². The van der Waals surface area contributed by atoms with E-state index in [0.717, 1.165) is 16.7 Å². The summed E-state index contributed by atoms with van der Waals surface area (Å²) in [7, 11) is 0. The van der Waals surface area contributed by atoms with Gasteiger partial charge in [0.15, 0.2) is 0 Å². The fraction of sp³-hybridized carbons (Fsp3) is 0.214. The fourth-order valence-electron chi connectivity index (χ4n) is 2.42. The maximum absolute atomic E-state index is 13.3. The Morgan fingerprint density at radius 2 is 1.78 bits per heavy atom. The molecule has 1 aliphatic rings. The van der Waals surface area contributed by atoms with Gasteiger partial charge in [-0.3, -0.25) is 4.39 Å². The van der Waals surface area contributed by atoms with Crippen molar-refractivity contribution in [2.45, 2.75) is 19.3 Å². The molecule has 2 aromatic rings. The maximum atomic E-state index is 13.3. The number of aromatic nitrogens is 1. The van der Waals surface area contributed by atoms with Gasteiger partial charge < -0.3 is 4.98 Å². The molecule has 3 rings (SSSR count). The number of nitrogens with zero attached hydrogens (tertiary/aromatic N) is 1. The molecule has 4 heteroatoms. The van der Waals surface area contributed by atoms with Crippen LogP contribution in [0.1, 0.15) is 25.0 Å². The van der Waals surface area contributed by atoms with E-state index in [4.69, 9.17) is 0 Å². The third-order valence-electron chi connectivity index (χ3n) is 3.34. The van der Waals surface area contributed by atoms with Crippen molar-refractivity contribution in [3.8, 4) is 11.3 Å². The second-order valence-electron chi connectivity index (χ2n) is 4.78. The second-order valence-corrected chi connectivity index (χ2v) is 4.78. The first kappa shape index (κ1) is 13.4. The minimum atomic E-state index is -0.432. The second kappa shape index (κ2) is 4.24. The molecule has 1 aromatic heterocycles. The van der Waals surface area contributed by atoms with Gasteiger partial charge in [0.2, 0.25) is 0 Å². The summed E-state index contributed by atoms with van der Waals surface area (Å²) in [6.45, 7) is 3.87. The molecule has 18 heavy (non-hydrogen) atoms. The molecule has 0 bridgehead atoms. The average Bonchev–Trinajstić information content (AvgIpc) is 2.49. The Morgan fingerprint density at radius 1 is 1.11 bits per heavy atom. The van der Waals surface area contributed by atoms with Crippen LogP contribution >= 0.6 is 0 Å². The van der Waals surface area contributed by atoms with Gasteiger partial charge in [0.05, 0.1) is 6.20 Å². The van der Waals surface area contributed by atoms with Gasteiger partial charge in [0.25, 0.3) is 0 Å². The summed E-state index contributed by atoms with van der Waals surface area (Å²) in [4.78, 5) is 4.10. The van der Waals surface area contributed by atoms with Crippen LogP contribution < -0.4 is 0 Å². The molecular weight excluding hydrogens is 415 g/mol. The van der Waals surface area contributed by atoms with E-state index < -0.39 is 5.41 Å². The van der Waals surface area contributed by atoms with Gasteiger partial charge in [-0.15, -0.1) is 29.3 Å². The van der Waals surface area contributed by atoms with Crippen LogP contribution in [-0.4, -0.2) is 4.98 Å². The summed E-state index contributed by atoms with van der Waals surface area (Å²) in [5, 5.41) is 0. The molecular formula is C14H10F2NPt-. The Kier molecular flexibility index (Phi) is 3.14. The van der Waals surface area contributed by atoms with Crippen LogP contribution in [0.25, 0.3) is 11.3 Å². The number of pyridine rings is 1. The Bertz CT molecular complexity index is 570. The van der Waals surface area contributed by atoms with Gasteiger partial charge >= 0.3 is 0 Å². The number of benzene rings is 1. The van der Waals surface area contributed by atoms with Crippen molar-refractivity contribution < 1.29 is 29.8 Å². The predicted molar refractivity (Wildman–Crippen MR) is 60.6 cm³/mol. The number of fused-ring (bicyclic) bond motifs is 3. The van der Waals surface area contributed by atoms with Gasteiger partial charge in [-0.1, -0.05) is 19.4 Å². The van der Waals surface area contributed by atoms with E-state index in [1.807, 2.05) is 13.8 Å². The van der Waals surface area contributed by atoms with E-state index in [-0.39, 0.29) is 32.7 Å². The van der Waals surface area contributed by atoms with Crippen molar-refractivity contribution in [3.05, 3.63) is 53.2 Å². The molecule has 96 valence electrons. The number of hydrogen-bond donors (Lipinski definition) is 0. The van der Waals surface area contributed by atoms with Gasteiger partial charge in [-0.25, -0.2) is 4.39 Å². The fourth-order valence-corrected chi connectivity index (χ4v) is 2.42. The van der Waals surface area contributed by atoms with Gasteiger partial charge in [0.1, 0.15) is 5.82 Å². The molecule has 1 heterocycles. The van der Waals surface area contributed by atoms with Crippen molar-refractivity contribution in [1.29, 1.82) is 0 Å². The van der Waals surface area contributed by atoms with Crippen molar-refractivity contribution in [2.75, 3.05) is 0 Å². The summed E-state index contributed by atoms with van der Waals surface area (Å²) >= 11 is 0. The van der Waals surface area contributed by atoms with Crippen LogP contribution in [0.5, 0.6) is 0 Å². The quantitative estimate of drug-likeness (QED) is 0.590. The normalized spacial score (nSPS) is 14.7. The summed E-state index contributed by atoms with van der Waals surface area (Å²) in [5.74, 6) is -0.699. The van der Waals surface area contributed by atoms with E-state index in [1.54, 1.807) is 0 Å². The molecule has 0 radical (unpaired) electrons. The van der Waals surface area contributed by atoms with E-state index >= 15 is 0 Å². The summed E-state index contributed by atoms with van der Waals surface area (Å²) in [5.41, 5.74) is 2.64. The monoisotopic (exact) mass is 425 g/mol. The molecule has 1 aliphatic carbocycles. The first-order chi connectivity index (χ1) is 8.00. The molecule has 0 aliphatic heterocycles. The van der Waals surface area contributed by atoms with Gasteiger partial charge in [-0.2, -0.15) is 0 Å². The van der Waals surface area contributed by atoms with Crippen LogP contribution in [0.15, 0.2) is 24.4 Å². The van der Waals surface area contributed by atoms with E-state index in [9.17, 15) is 8.78 Å². The summed E-state index contributed by atoms with van der Waals surface area (Å²) < 4.78 is 26.5. The minimum Gasteiger partial charge on any atom is -0.301 e. The standard InChI is InChI=1S/C14H10F2N.Pt/c1-14(2)11-5-8(15)3-4-10(11)13-12(14)6-9(16)7-17-13;/h3,5-7H,1-2H3;/q-1;. The zero-order chi connectivity index (χ0) is 12.2. The molecule has 0 spiro atoms. The Morgan fingerprint density at radius 3 is 2.50 bits per heavy atom. The summed E-state index contributed by atoms with van der Waals surface area (Å²) in [6, 6.07) is 7.12. The topological polar surface area (TPSA) is 12.9 Å². The number of hydrogen-bond acceptors (Lipinski definition) is 1. The molecule has 0 saturated carbocycles. The maximum Gasteiger partial charge on any atom is 0.140 e. The zero-order valence-electron chi connectivity index (χ0n) is 9.83. The number of halogens is 2. The van der Waals surface area contributed by atoms with E-state index in [0.29, 0.717) is 5.69 Å². The van der Waals surface area contributed by atoms with Gasteiger partial charge in [0, 0.05) is 26.9 Å². The molecule has 0 N–H and O–H groups in total. The third-order valence-corrected chi connectivity index (χ3v) is 3.34. The van der Waals surface area contributed by atoms with Crippen molar-refractivity contribution >= 4 is 0 Å². The minimum absolute atomic E-state index is 0. The van der Waals surface area contributed by atoms with Crippen molar-refractivity contribution in [2.24, 2.45) is 0 Å². The van der Waals surface area contributed by atoms with Crippen LogP contribution in [0, 0.1) is 17.7 Å². The Balaban J connectivity index is 0.00000120. The van der Waals surface area contributed by atoms with Crippen LogP contribution in [0.2, 0.25) is 0 Å². The molecule has 1 aromatic carbocycles. The summed E-state index contributed by atoms with van der Waals surface area (Å²) in [6.07, 6.45) is 1.18. The molecule has 0 fully saturated rings. The Labute approximate surface area is 119 Å². The SMILES string of the molecule is CC1(C)c2cc(F)c[c-]c2-c2ncc(F)cc21.[Pt]. The predicted octanol–water partition coefficient (Wildman–Crippen LogP) is 3.46. The largest absolute Gasteiger partial charge is 0.301 e. The van der Waals surface area contributed by atoms with Crippen LogP contribution in [0.3, 0.4) is 0 Å². The number of rotatable bonds is 0.